The smallest absolute Gasteiger partial charge is 0.255 e. The second kappa shape index (κ2) is 6.26. The van der Waals surface area contributed by atoms with Crippen molar-refractivity contribution < 1.29 is 9.53 Å². The predicted molar refractivity (Wildman–Crippen MR) is 98.2 cm³/mol. The van der Waals surface area contributed by atoms with E-state index in [1.54, 1.807) is 6.07 Å². The minimum absolute atomic E-state index is 0.140. The monoisotopic (exact) mass is 353 g/mol. The molecule has 1 unspecified atom stereocenters. The molecule has 0 saturated heterocycles. The Morgan fingerprint density at radius 1 is 1.16 bits per heavy atom. The molecule has 0 saturated carbocycles. The van der Waals surface area contributed by atoms with Crippen LogP contribution in [0.25, 0.3) is 10.9 Å². The maximum absolute atomic E-state index is 12.3. The van der Waals surface area contributed by atoms with Crippen molar-refractivity contribution in [1.29, 1.82) is 0 Å². The molecule has 5 nitrogen and oxygen atoms in total. The molecule has 0 spiro atoms. The second-order valence-corrected chi connectivity index (χ2v) is 6.11. The van der Waals surface area contributed by atoms with E-state index in [9.17, 15) is 4.79 Å². The lowest BCUT2D eigenvalue weighted by Gasteiger charge is -2.28. The number of ether oxygens (including phenoxy) is 1. The number of rotatable bonds is 3. The number of hydrogen-bond acceptors (Lipinski definition) is 4. The Bertz CT molecular complexity index is 974. The van der Waals surface area contributed by atoms with Crippen molar-refractivity contribution in [3.05, 3.63) is 64.8 Å². The van der Waals surface area contributed by atoms with Gasteiger partial charge < -0.3 is 15.4 Å². The molecule has 126 valence electrons. The zero-order chi connectivity index (χ0) is 17.4. The van der Waals surface area contributed by atoms with Crippen LogP contribution in [0, 0.1) is 0 Å². The maximum atomic E-state index is 12.3. The lowest BCUT2D eigenvalue weighted by Crippen LogP contribution is -2.38. The first-order valence-corrected chi connectivity index (χ1v) is 8.43. The van der Waals surface area contributed by atoms with E-state index < -0.39 is 6.17 Å². The number of aromatic nitrogens is 1. The minimum Gasteiger partial charge on any atom is -0.494 e. The van der Waals surface area contributed by atoms with E-state index in [2.05, 4.69) is 15.6 Å². The molecule has 1 atom stereocenters. The van der Waals surface area contributed by atoms with Gasteiger partial charge in [0.05, 0.1) is 17.7 Å². The van der Waals surface area contributed by atoms with Gasteiger partial charge in [0.2, 0.25) is 0 Å². The summed E-state index contributed by atoms with van der Waals surface area (Å²) in [6.07, 6.45) is -0.442. The largest absolute Gasteiger partial charge is 0.494 e. The fraction of sp³-hybridized carbons (Fsp3) is 0.158. The van der Waals surface area contributed by atoms with Gasteiger partial charge in [-0.25, -0.2) is 4.98 Å². The number of benzene rings is 2. The molecule has 2 N–H and O–H groups in total. The number of carbonyl (C=O) groups is 1. The first-order valence-electron chi connectivity index (χ1n) is 8.05. The second-order valence-electron chi connectivity index (χ2n) is 5.75. The summed E-state index contributed by atoms with van der Waals surface area (Å²) in [5.74, 6) is 0.634. The number of carbonyl (C=O) groups excluding carboxylic acids is 1. The van der Waals surface area contributed by atoms with Crippen LogP contribution >= 0.6 is 11.6 Å². The maximum Gasteiger partial charge on any atom is 0.255 e. The number of hydrogen-bond donors (Lipinski definition) is 2. The van der Waals surface area contributed by atoms with Crippen LogP contribution in [0.1, 0.15) is 29.0 Å². The average molecular weight is 354 g/mol. The quantitative estimate of drug-likeness (QED) is 0.694. The third-order valence-corrected chi connectivity index (χ3v) is 4.44. The first-order chi connectivity index (χ1) is 12.2. The molecule has 4 rings (SSSR count). The van der Waals surface area contributed by atoms with Crippen LogP contribution in [0.15, 0.2) is 48.5 Å². The number of halogens is 1. The van der Waals surface area contributed by atoms with E-state index in [0.717, 1.165) is 22.3 Å². The summed E-state index contributed by atoms with van der Waals surface area (Å²) in [6.45, 7) is 2.53. The molecule has 0 bridgehead atoms. The van der Waals surface area contributed by atoms with E-state index in [1.807, 2.05) is 49.4 Å². The molecule has 1 aliphatic heterocycles. The fourth-order valence-corrected chi connectivity index (χ4v) is 3.22. The van der Waals surface area contributed by atoms with E-state index >= 15 is 0 Å². The van der Waals surface area contributed by atoms with Gasteiger partial charge in [0.1, 0.15) is 17.1 Å². The van der Waals surface area contributed by atoms with Gasteiger partial charge in [-0.05, 0) is 43.3 Å². The van der Waals surface area contributed by atoms with Gasteiger partial charge in [0.25, 0.3) is 5.91 Å². The van der Waals surface area contributed by atoms with Crippen molar-refractivity contribution in [2.24, 2.45) is 0 Å². The molecule has 2 heterocycles. The summed E-state index contributed by atoms with van der Waals surface area (Å²) in [7, 11) is 0. The molecule has 25 heavy (non-hydrogen) atoms. The van der Waals surface area contributed by atoms with Gasteiger partial charge in [-0.1, -0.05) is 23.7 Å². The van der Waals surface area contributed by atoms with Crippen LogP contribution in [0.4, 0.5) is 5.69 Å². The highest BCUT2D eigenvalue weighted by molar-refractivity contribution is 6.30. The third-order valence-electron chi connectivity index (χ3n) is 4.14. The SMILES string of the molecule is CCOc1ccc2nc(Cl)c(C3NC(=O)c4ccccc4N3)cc2c1. The number of nitrogens with one attached hydrogen (secondary N) is 2. The predicted octanol–water partition coefficient (Wildman–Crippen LogP) is 4.14. The Balaban J connectivity index is 1.76. The zero-order valence-corrected chi connectivity index (χ0v) is 14.3. The van der Waals surface area contributed by atoms with Gasteiger partial charge in [-0.15, -0.1) is 0 Å². The lowest BCUT2D eigenvalue weighted by atomic mass is 10.1. The van der Waals surface area contributed by atoms with Crippen molar-refractivity contribution in [2.45, 2.75) is 13.1 Å². The number of anilines is 1. The van der Waals surface area contributed by atoms with Crippen LogP contribution in [-0.2, 0) is 0 Å². The van der Waals surface area contributed by atoms with Gasteiger partial charge >= 0.3 is 0 Å². The highest BCUT2D eigenvalue weighted by Gasteiger charge is 2.26. The Morgan fingerprint density at radius 2 is 2.00 bits per heavy atom. The molecule has 3 aromatic rings. The van der Waals surface area contributed by atoms with Crippen LogP contribution in [0.3, 0.4) is 0 Å². The van der Waals surface area contributed by atoms with Crippen LogP contribution in [0.5, 0.6) is 5.75 Å². The molecule has 6 heteroatoms. The Morgan fingerprint density at radius 3 is 2.84 bits per heavy atom. The summed E-state index contributed by atoms with van der Waals surface area (Å²) < 4.78 is 5.55. The van der Waals surface area contributed by atoms with Crippen molar-refractivity contribution in [1.82, 2.24) is 10.3 Å². The van der Waals surface area contributed by atoms with E-state index in [1.165, 1.54) is 0 Å². The van der Waals surface area contributed by atoms with Gasteiger partial charge in [0, 0.05) is 16.6 Å². The van der Waals surface area contributed by atoms with E-state index in [-0.39, 0.29) is 5.91 Å². The van der Waals surface area contributed by atoms with Crippen LogP contribution < -0.4 is 15.4 Å². The molecule has 1 aromatic heterocycles. The normalized spacial score (nSPS) is 16.1. The number of pyridine rings is 1. The lowest BCUT2D eigenvalue weighted by molar-refractivity contribution is 0.0935. The van der Waals surface area contributed by atoms with E-state index in [0.29, 0.717) is 22.9 Å². The molecular formula is C19H16ClN3O2. The van der Waals surface area contributed by atoms with Crippen molar-refractivity contribution >= 4 is 34.1 Å². The first kappa shape index (κ1) is 15.7. The molecule has 1 amide bonds. The molecule has 0 fully saturated rings. The molecule has 0 radical (unpaired) electrons. The minimum atomic E-state index is -0.442. The summed E-state index contributed by atoms with van der Waals surface area (Å²) in [5, 5.41) is 7.49. The number of fused-ring (bicyclic) bond motifs is 2. The molecular weight excluding hydrogens is 338 g/mol. The molecule has 1 aliphatic rings. The Hall–Kier alpha value is -2.79. The third kappa shape index (κ3) is 2.87. The van der Waals surface area contributed by atoms with Crippen molar-refractivity contribution in [3.63, 3.8) is 0 Å². The topological polar surface area (TPSA) is 63.2 Å². The zero-order valence-electron chi connectivity index (χ0n) is 13.5. The highest BCUT2D eigenvalue weighted by Crippen LogP contribution is 2.32. The number of nitrogens with zero attached hydrogens (tertiary/aromatic N) is 1. The summed E-state index contributed by atoms with van der Waals surface area (Å²) in [6, 6.07) is 15.0. The Labute approximate surface area is 150 Å². The van der Waals surface area contributed by atoms with Gasteiger partial charge in [-0.3, -0.25) is 4.79 Å². The van der Waals surface area contributed by atoms with Crippen molar-refractivity contribution in [2.75, 3.05) is 11.9 Å². The van der Waals surface area contributed by atoms with Gasteiger partial charge in [-0.2, -0.15) is 0 Å². The van der Waals surface area contributed by atoms with Crippen LogP contribution in [-0.4, -0.2) is 17.5 Å². The van der Waals surface area contributed by atoms with Crippen molar-refractivity contribution in [3.8, 4) is 5.75 Å². The fourth-order valence-electron chi connectivity index (χ4n) is 2.97. The van der Waals surface area contributed by atoms with Gasteiger partial charge in [0.15, 0.2) is 0 Å². The molecule has 2 aromatic carbocycles. The van der Waals surface area contributed by atoms with Crippen LogP contribution in [0.2, 0.25) is 5.15 Å². The summed E-state index contributed by atoms with van der Waals surface area (Å²) in [5.41, 5.74) is 2.88. The number of amides is 1. The standard InChI is InChI=1S/C19H16ClN3O2/c1-2-25-12-7-8-15-11(9-12)10-14(17(20)21-15)18-22-16-6-4-3-5-13(16)19(24)23-18/h3-10,18,22H,2H2,1H3,(H,23,24). The molecule has 0 aliphatic carbocycles. The number of para-hydroxylation sites is 1. The summed E-state index contributed by atoms with van der Waals surface area (Å²) >= 11 is 6.38. The summed E-state index contributed by atoms with van der Waals surface area (Å²) in [4.78, 5) is 16.8. The van der Waals surface area contributed by atoms with E-state index in [4.69, 9.17) is 16.3 Å². The Kier molecular flexibility index (Phi) is 3.93. The average Bonchev–Trinajstić information content (AvgIpc) is 2.61. The highest BCUT2D eigenvalue weighted by atomic mass is 35.5.